The number of aromatic nitrogens is 2. The molecule has 1 aliphatic carbocycles. The third-order valence-corrected chi connectivity index (χ3v) is 4.35. The summed E-state index contributed by atoms with van der Waals surface area (Å²) in [6.45, 7) is 2.77. The molecule has 0 bridgehead atoms. The lowest BCUT2D eigenvalue weighted by atomic mass is 9.85. The van der Waals surface area contributed by atoms with E-state index in [1.807, 2.05) is 36.2 Å². The number of carboxylic acid groups (broad SMARTS) is 1. The van der Waals surface area contributed by atoms with E-state index in [9.17, 15) is 10.1 Å². The monoisotopic (exact) mass is 313 g/mol. The van der Waals surface area contributed by atoms with Crippen LogP contribution < -0.4 is 5.32 Å². The van der Waals surface area contributed by atoms with E-state index >= 15 is 0 Å². The van der Waals surface area contributed by atoms with Crippen molar-refractivity contribution in [3.05, 3.63) is 30.1 Å². The number of rotatable bonds is 6. The van der Waals surface area contributed by atoms with Gasteiger partial charge in [-0.2, -0.15) is 5.26 Å². The second-order valence-electron chi connectivity index (χ2n) is 5.77. The molecule has 3 rings (SSSR count). The van der Waals surface area contributed by atoms with Crippen LogP contribution >= 0.6 is 0 Å². The maximum atomic E-state index is 10.9. The zero-order valence-electron chi connectivity index (χ0n) is 12.9. The van der Waals surface area contributed by atoms with Crippen LogP contribution in [0.5, 0.6) is 0 Å². The van der Waals surface area contributed by atoms with Gasteiger partial charge in [0.05, 0.1) is 6.54 Å². The summed E-state index contributed by atoms with van der Waals surface area (Å²) >= 11 is 0. The minimum absolute atomic E-state index is 0.0751. The van der Waals surface area contributed by atoms with Crippen LogP contribution in [0.2, 0.25) is 0 Å². The molecular weight excluding hydrogens is 294 g/mol. The average molecular weight is 313 g/mol. The van der Waals surface area contributed by atoms with Crippen LogP contribution in [0.3, 0.4) is 0 Å². The Morgan fingerprint density at radius 3 is 3.00 bits per heavy atom. The summed E-state index contributed by atoms with van der Waals surface area (Å²) < 4.78 is 1.77. The van der Waals surface area contributed by atoms with Gasteiger partial charge in [-0.25, -0.2) is 4.98 Å². The largest absolute Gasteiger partial charge is 0.480 e. The molecule has 0 atom stereocenters. The van der Waals surface area contributed by atoms with Crippen LogP contribution in [-0.4, -0.2) is 50.5 Å². The van der Waals surface area contributed by atoms with Crippen LogP contribution in [0.25, 0.3) is 5.65 Å². The van der Waals surface area contributed by atoms with Gasteiger partial charge in [0.1, 0.15) is 11.7 Å². The van der Waals surface area contributed by atoms with E-state index in [-0.39, 0.29) is 18.6 Å². The smallest absolute Gasteiger partial charge is 0.317 e. The molecule has 0 saturated heterocycles. The molecule has 2 heterocycles. The zero-order valence-corrected chi connectivity index (χ0v) is 12.9. The Hall–Kier alpha value is -2.59. The van der Waals surface area contributed by atoms with Crippen molar-refractivity contribution in [3.63, 3.8) is 0 Å². The summed E-state index contributed by atoms with van der Waals surface area (Å²) in [5, 5.41) is 21.6. The Balaban J connectivity index is 1.66. The number of pyridine rings is 1. The van der Waals surface area contributed by atoms with Gasteiger partial charge in [-0.1, -0.05) is 13.0 Å². The lowest BCUT2D eigenvalue weighted by Gasteiger charge is -2.42. The number of carboxylic acids is 1. The summed E-state index contributed by atoms with van der Waals surface area (Å²) in [6, 6.07) is 8.30. The normalized spacial score (nSPS) is 20.2. The Bertz CT molecular complexity index is 757. The van der Waals surface area contributed by atoms with Crippen molar-refractivity contribution in [1.82, 2.24) is 14.3 Å². The number of hydrogen-bond acceptors (Lipinski definition) is 5. The minimum atomic E-state index is -0.796. The predicted octanol–water partition coefficient (Wildman–Crippen LogP) is 1.56. The molecule has 2 N–H and O–H groups in total. The Morgan fingerprint density at radius 1 is 1.57 bits per heavy atom. The molecule has 0 aromatic carbocycles. The predicted molar refractivity (Wildman–Crippen MR) is 85.2 cm³/mol. The highest BCUT2D eigenvalue weighted by atomic mass is 16.4. The molecular formula is C16H19N5O2. The molecule has 0 radical (unpaired) electrons. The molecule has 0 unspecified atom stereocenters. The van der Waals surface area contributed by atoms with E-state index in [2.05, 4.69) is 16.4 Å². The summed E-state index contributed by atoms with van der Waals surface area (Å²) in [7, 11) is 0. The molecule has 1 aliphatic rings. The van der Waals surface area contributed by atoms with Gasteiger partial charge in [-0.3, -0.25) is 14.1 Å². The maximum Gasteiger partial charge on any atom is 0.317 e. The molecule has 0 amide bonds. The lowest BCUT2D eigenvalue weighted by molar-refractivity contribution is -0.139. The third-order valence-electron chi connectivity index (χ3n) is 4.35. The van der Waals surface area contributed by atoms with Gasteiger partial charge in [-0.05, 0) is 31.5 Å². The van der Waals surface area contributed by atoms with Crippen molar-refractivity contribution < 1.29 is 9.90 Å². The van der Waals surface area contributed by atoms with E-state index in [4.69, 9.17) is 5.11 Å². The maximum absolute atomic E-state index is 10.9. The molecule has 1 fully saturated rings. The van der Waals surface area contributed by atoms with Gasteiger partial charge in [0, 0.05) is 18.3 Å². The van der Waals surface area contributed by atoms with Crippen molar-refractivity contribution in [3.8, 4) is 6.07 Å². The number of aliphatic carboxylic acids is 1. The molecule has 2 aromatic heterocycles. The number of anilines is 1. The Labute approximate surface area is 134 Å². The van der Waals surface area contributed by atoms with Crippen LogP contribution in [0.15, 0.2) is 24.4 Å². The van der Waals surface area contributed by atoms with Crippen LogP contribution in [0.1, 0.15) is 25.5 Å². The molecule has 7 heteroatoms. The second kappa shape index (κ2) is 6.26. The molecule has 7 nitrogen and oxygen atoms in total. The van der Waals surface area contributed by atoms with Gasteiger partial charge in [0.15, 0.2) is 11.5 Å². The Morgan fingerprint density at radius 2 is 2.35 bits per heavy atom. The molecule has 1 saturated carbocycles. The second-order valence-corrected chi connectivity index (χ2v) is 5.77. The van der Waals surface area contributed by atoms with E-state index in [1.54, 1.807) is 4.40 Å². The summed E-state index contributed by atoms with van der Waals surface area (Å²) in [5.74, 6) is -0.196. The van der Waals surface area contributed by atoms with Gasteiger partial charge >= 0.3 is 5.97 Å². The molecule has 0 aliphatic heterocycles. The van der Waals surface area contributed by atoms with Gasteiger partial charge in [-0.15, -0.1) is 0 Å². The minimum Gasteiger partial charge on any atom is -0.480 e. The van der Waals surface area contributed by atoms with Crippen LogP contribution in [-0.2, 0) is 4.79 Å². The van der Waals surface area contributed by atoms with Gasteiger partial charge in [0.2, 0.25) is 0 Å². The summed E-state index contributed by atoms with van der Waals surface area (Å²) in [5.41, 5.74) is 1.24. The van der Waals surface area contributed by atoms with Crippen molar-refractivity contribution in [2.24, 2.45) is 0 Å². The number of likely N-dealkylation sites (N-methyl/N-ethyl adjacent to an activating group) is 1. The van der Waals surface area contributed by atoms with E-state index in [0.29, 0.717) is 11.5 Å². The first-order valence-electron chi connectivity index (χ1n) is 7.72. The van der Waals surface area contributed by atoms with Gasteiger partial charge in [0.25, 0.3) is 0 Å². The van der Waals surface area contributed by atoms with Crippen molar-refractivity contribution in [1.29, 1.82) is 5.26 Å². The quantitative estimate of drug-likeness (QED) is 0.840. The van der Waals surface area contributed by atoms with Crippen LogP contribution in [0.4, 0.5) is 5.82 Å². The van der Waals surface area contributed by atoms with Crippen molar-refractivity contribution >= 4 is 17.4 Å². The van der Waals surface area contributed by atoms with Crippen LogP contribution in [0, 0.1) is 11.3 Å². The molecule has 23 heavy (non-hydrogen) atoms. The first kappa shape index (κ1) is 15.3. The fourth-order valence-corrected chi connectivity index (χ4v) is 3.07. The first-order valence-corrected chi connectivity index (χ1v) is 7.72. The number of nitriles is 1. The molecule has 0 spiro atoms. The fourth-order valence-electron chi connectivity index (χ4n) is 3.07. The SMILES string of the molecule is CCN(CC(=O)O)C1CC(Nc2nc3ccccn3c2C#N)C1. The summed E-state index contributed by atoms with van der Waals surface area (Å²) in [4.78, 5) is 17.3. The number of nitrogens with one attached hydrogen (secondary N) is 1. The third kappa shape index (κ3) is 2.98. The zero-order chi connectivity index (χ0) is 16.4. The Kier molecular flexibility index (Phi) is 4.17. The number of fused-ring (bicyclic) bond motifs is 1. The van der Waals surface area contributed by atoms with E-state index < -0.39 is 5.97 Å². The average Bonchev–Trinajstić information content (AvgIpc) is 2.85. The van der Waals surface area contributed by atoms with E-state index in [0.717, 1.165) is 25.0 Å². The highest BCUT2D eigenvalue weighted by Crippen LogP contribution is 2.29. The van der Waals surface area contributed by atoms with Crippen molar-refractivity contribution in [2.75, 3.05) is 18.4 Å². The number of hydrogen-bond donors (Lipinski definition) is 2. The first-order chi connectivity index (χ1) is 11.1. The van der Waals surface area contributed by atoms with E-state index in [1.165, 1.54) is 0 Å². The molecule has 2 aromatic rings. The number of carbonyl (C=O) groups is 1. The van der Waals surface area contributed by atoms with Gasteiger partial charge < -0.3 is 10.4 Å². The highest BCUT2D eigenvalue weighted by molar-refractivity contribution is 5.69. The fraction of sp³-hybridized carbons (Fsp3) is 0.438. The number of nitrogens with zero attached hydrogens (tertiary/aromatic N) is 4. The van der Waals surface area contributed by atoms with Crippen molar-refractivity contribution in [2.45, 2.75) is 31.8 Å². The summed E-state index contributed by atoms with van der Waals surface area (Å²) in [6.07, 6.45) is 3.54. The molecule has 120 valence electrons. The standard InChI is InChI=1S/C16H19N5O2/c1-2-20(10-15(22)23)12-7-11(8-12)18-16-13(9-17)21-6-4-3-5-14(21)19-16/h3-6,11-12,18H,2,7-8,10H2,1H3,(H,22,23). The highest BCUT2D eigenvalue weighted by Gasteiger charge is 2.34. The topological polar surface area (TPSA) is 93.7 Å². The number of imidazole rings is 1. The lowest BCUT2D eigenvalue weighted by Crippen LogP contribution is -2.51.